The molecule has 2 N–H and O–H groups in total. The zero-order valence-corrected chi connectivity index (χ0v) is 16.7. The zero-order valence-electron chi connectivity index (χ0n) is 16.7. The largest absolute Gasteiger partial charge is 0.335 e. The number of hydrogen-bond acceptors (Lipinski definition) is 5. The van der Waals surface area contributed by atoms with Crippen LogP contribution in [-0.4, -0.2) is 35.1 Å². The molecule has 0 saturated heterocycles. The van der Waals surface area contributed by atoms with Gasteiger partial charge in [0, 0.05) is 18.0 Å². The van der Waals surface area contributed by atoms with E-state index < -0.39 is 0 Å². The molecular weight excluding hydrogens is 386 g/mol. The monoisotopic (exact) mass is 403 g/mol. The molecule has 0 saturated carbocycles. The SMILES string of the molecule is Cc1cccc(-c2ccnc3nc(-c4n[nH]c5ccc(-c6ccccn6)nc45)[nH]c23)c1. The Kier molecular flexibility index (Phi) is 3.86. The molecular formula is C24H17N7. The molecule has 7 heteroatoms. The molecule has 0 fully saturated rings. The zero-order chi connectivity index (χ0) is 20.8. The maximum absolute atomic E-state index is 4.81. The number of fused-ring (bicyclic) bond motifs is 2. The molecule has 0 aliphatic heterocycles. The Morgan fingerprint density at radius 1 is 0.806 bits per heavy atom. The van der Waals surface area contributed by atoms with E-state index in [0.717, 1.165) is 39.1 Å². The number of aryl methyl sites for hydroxylation is 1. The number of rotatable bonds is 3. The lowest BCUT2D eigenvalue weighted by molar-refractivity contribution is 1.10. The van der Waals surface area contributed by atoms with E-state index in [9.17, 15) is 0 Å². The number of pyridine rings is 3. The van der Waals surface area contributed by atoms with Gasteiger partial charge in [-0.05, 0) is 42.8 Å². The van der Waals surface area contributed by atoms with Crippen molar-refractivity contribution in [1.29, 1.82) is 0 Å². The molecule has 6 rings (SSSR count). The molecule has 0 atom stereocenters. The van der Waals surface area contributed by atoms with E-state index >= 15 is 0 Å². The van der Waals surface area contributed by atoms with Gasteiger partial charge >= 0.3 is 0 Å². The third-order valence-corrected chi connectivity index (χ3v) is 5.28. The highest BCUT2D eigenvalue weighted by molar-refractivity contribution is 5.94. The van der Waals surface area contributed by atoms with Crippen molar-refractivity contribution < 1.29 is 0 Å². The summed E-state index contributed by atoms with van der Waals surface area (Å²) >= 11 is 0. The molecule has 5 heterocycles. The van der Waals surface area contributed by atoms with Crippen molar-refractivity contribution in [3.8, 4) is 34.0 Å². The van der Waals surface area contributed by atoms with Gasteiger partial charge in [-0.3, -0.25) is 10.1 Å². The quantitative estimate of drug-likeness (QED) is 0.437. The van der Waals surface area contributed by atoms with Crippen LogP contribution in [0.5, 0.6) is 0 Å². The van der Waals surface area contributed by atoms with Crippen molar-refractivity contribution in [2.45, 2.75) is 6.92 Å². The van der Waals surface area contributed by atoms with Crippen molar-refractivity contribution in [1.82, 2.24) is 35.1 Å². The van der Waals surface area contributed by atoms with Crippen LogP contribution in [0.2, 0.25) is 0 Å². The Bertz CT molecular complexity index is 1550. The first-order chi connectivity index (χ1) is 15.3. The van der Waals surface area contributed by atoms with Crippen LogP contribution in [0.25, 0.3) is 56.2 Å². The van der Waals surface area contributed by atoms with E-state index in [1.807, 2.05) is 36.4 Å². The predicted octanol–water partition coefficient (Wildman–Crippen LogP) is 4.93. The van der Waals surface area contributed by atoms with Crippen LogP contribution in [0.4, 0.5) is 0 Å². The molecule has 0 aliphatic rings. The van der Waals surface area contributed by atoms with E-state index in [1.165, 1.54) is 5.56 Å². The van der Waals surface area contributed by atoms with Gasteiger partial charge in [-0.25, -0.2) is 15.0 Å². The van der Waals surface area contributed by atoms with E-state index in [0.29, 0.717) is 17.2 Å². The maximum Gasteiger partial charge on any atom is 0.178 e. The van der Waals surface area contributed by atoms with E-state index in [2.05, 4.69) is 56.3 Å². The van der Waals surface area contributed by atoms with E-state index in [4.69, 9.17) is 9.97 Å². The molecule has 148 valence electrons. The molecule has 0 aliphatic carbocycles. The fourth-order valence-corrected chi connectivity index (χ4v) is 3.80. The maximum atomic E-state index is 4.81. The Hall–Kier alpha value is -4.39. The van der Waals surface area contributed by atoms with Gasteiger partial charge in [-0.2, -0.15) is 5.10 Å². The summed E-state index contributed by atoms with van der Waals surface area (Å²) in [4.78, 5) is 21.8. The van der Waals surface area contributed by atoms with Crippen LogP contribution in [0.3, 0.4) is 0 Å². The Morgan fingerprint density at radius 3 is 2.65 bits per heavy atom. The fourth-order valence-electron chi connectivity index (χ4n) is 3.80. The standard InChI is InChI=1S/C24H17N7/c1-14-5-4-6-15(13-14)16-10-12-26-23-20(16)28-24(29-23)22-21-19(30-31-22)9-8-18(27-21)17-7-2-3-11-25-17/h2-13H,1H3,(H,30,31)(H,26,28,29). The minimum absolute atomic E-state index is 0.625. The summed E-state index contributed by atoms with van der Waals surface area (Å²) in [5.41, 5.74) is 8.70. The molecule has 31 heavy (non-hydrogen) atoms. The molecule has 0 unspecified atom stereocenters. The van der Waals surface area contributed by atoms with E-state index in [-0.39, 0.29) is 0 Å². The first kappa shape index (κ1) is 17.5. The highest BCUT2D eigenvalue weighted by atomic mass is 15.2. The summed E-state index contributed by atoms with van der Waals surface area (Å²) in [5, 5.41) is 7.53. The Labute approximate surface area is 177 Å². The van der Waals surface area contributed by atoms with Crippen LogP contribution >= 0.6 is 0 Å². The fraction of sp³-hybridized carbons (Fsp3) is 0.0417. The smallest absolute Gasteiger partial charge is 0.178 e. The summed E-state index contributed by atoms with van der Waals surface area (Å²) in [7, 11) is 0. The van der Waals surface area contributed by atoms with E-state index in [1.54, 1.807) is 12.4 Å². The molecule has 6 aromatic rings. The lowest BCUT2D eigenvalue weighted by Gasteiger charge is -2.03. The van der Waals surface area contributed by atoms with Crippen molar-refractivity contribution in [2.24, 2.45) is 0 Å². The Balaban J connectivity index is 1.52. The van der Waals surface area contributed by atoms with Gasteiger partial charge in [0.05, 0.1) is 22.4 Å². The topological polar surface area (TPSA) is 96.0 Å². The molecule has 5 aromatic heterocycles. The van der Waals surface area contributed by atoms with Gasteiger partial charge in [-0.1, -0.05) is 35.9 Å². The number of benzene rings is 1. The second-order valence-corrected chi connectivity index (χ2v) is 7.39. The van der Waals surface area contributed by atoms with Gasteiger partial charge in [-0.15, -0.1) is 0 Å². The van der Waals surface area contributed by atoms with Gasteiger partial charge in [0.15, 0.2) is 17.2 Å². The Morgan fingerprint density at radius 2 is 1.77 bits per heavy atom. The van der Waals surface area contributed by atoms with Crippen molar-refractivity contribution in [3.05, 3.63) is 78.6 Å². The number of aromatic nitrogens is 7. The number of imidazole rings is 1. The molecule has 0 radical (unpaired) electrons. The summed E-state index contributed by atoms with van der Waals surface area (Å²) in [6, 6.07) is 20.0. The lowest BCUT2D eigenvalue weighted by Crippen LogP contribution is -1.88. The first-order valence-electron chi connectivity index (χ1n) is 9.95. The molecule has 1 aromatic carbocycles. The van der Waals surface area contributed by atoms with Crippen LogP contribution in [0, 0.1) is 6.92 Å². The summed E-state index contributed by atoms with van der Waals surface area (Å²) in [5.74, 6) is 0.625. The number of H-pyrrole nitrogens is 2. The van der Waals surface area contributed by atoms with Gasteiger partial charge < -0.3 is 4.98 Å². The van der Waals surface area contributed by atoms with Crippen LogP contribution < -0.4 is 0 Å². The van der Waals surface area contributed by atoms with Crippen LogP contribution in [-0.2, 0) is 0 Å². The van der Waals surface area contributed by atoms with Gasteiger partial charge in [0.25, 0.3) is 0 Å². The summed E-state index contributed by atoms with van der Waals surface area (Å²) in [6.07, 6.45) is 3.54. The molecule has 0 bridgehead atoms. The number of nitrogens with one attached hydrogen (secondary N) is 2. The molecule has 0 spiro atoms. The van der Waals surface area contributed by atoms with Gasteiger partial charge in [0.2, 0.25) is 0 Å². The predicted molar refractivity (Wildman–Crippen MR) is 120 cm³/mol. The third-order valence-electron chi connectivity index (χ3n) is 5.28. The number of aromatic amines is 2. The van der Waals surface area contributed by atoms with Crippen molar-refractivity contribution >= 4 is 22.2 Å². The highest BCUT2D eigenvalue weighted by Crippen LogP contribution is 2.31. The summed E-state index contributed by atoms with van der Waals surface area (Å²) in [6.45, 7) is 2.08. The van der Waals surface area contributed by atoms with Gasteiger partial charge in [0.1, 0.15) is 5.52 Å². The second kappa shape index (κ2) is 6.84. The average molecular weight is 403 g/mol. The van der Waals surface area contributed by atoms with Crippen molar-refractivity contribution in [3.63, 3.8) is 0 Å². The minimum atomic E-state index is 0.625. The van der Waals surface area contributed by atoms with Crippen LogP contribution in [0.1, 0.15) is 5.56 Å². The lowest BCUT2D eigenvalue weighted by atomic mass is 10.0. The first-order valence-corrected chi connectivity index (χ1v) is 9.95. The normalized spacial score (nSPS) is 11.4. The molecule has 7 nitrogen and oxygen atoms in total. The van der Waals surface area contributed by atoms with Crippen molar-refractivity contribution in [2.75, 3.05) is 0 Å². The minimum Gasteiger partial charge on any atom is -0.335 e. The summed E-state index contributed by atoms with van der Waals surface area (Å²) < 4.78 is 0. The molecule has 0 amide bonds. The second-order valence-electron chi connectivity index (χ2n) is 7.39. The van der Waals surface area contributed by atoms with Crippen LogP contribution in [0.15, 0.2) is 73.1 Å². The number of nitrogens with zero attached hydrogens (tertiary/aromatic N) is 5. The average Bonchev–Trinajstić information content (AvgIpc) is 3.43. The number of hydrogen-bond donors (Lipinski definition) is 2. The highest BCUT2D eigenvalue weighted by Gasteiger charge is 2.17. The third kappa shape index (κ3) is 2.95.